The van der Waals surface area contributed by atoms with Crippen LogP contribution in [0.25, 0.3) is 10.9 Å². The number of benzene rings is 1. The molecule has 1 fully saturated rings. The number of primary amides is 1. The van der Waals surface area contributed by atoms with Crippen LogP contribution in [0.5, 0.6) is 5.75 Å². The first-order valence-corrected chi connectivity index (χ1v) is 7.87. The van der Waals surface area contributed by atoms with Crippen LogP contribution in [0.1, 0.15) is 12.8 Å². The Balaban J connectivity index is 1.82. The van der Waals surface area contributed by atoms with Crippen molar-refractivity contribution in [1.82, 2.24) is 9.88 Å². The number of amides is 3. The Bertz CT molecular complexity index is 778. The number of hydrogen-bond donors (Lipinski definition) is 2. The van der Waals surface area contributed by atoms with Crippen LogP contribution < -0.4 is 15.8 Å². The second-order valence-electron chi connectivity index (χ2n) is 5.83. The Hall–Kier alpha value is -2.83. The quantitative estimate of drug-likeness (QED) is 0.900. The normalized spacial score (nSPS) is 17.5. The molecule has 0 aliphatic carbocycles. The lowest BCUT2D eigenvalue weighted by atomic mass is 9.98. The third-order valence-electron chi connectivity index (χ3n) is 4.30. The highest BCUT2D eigenvalue weighted by Gasteiger charge is 2.27. The van der Waals surface area contributed by atoms with E-state index in [0.29, 0.717) is 30.0 Å². The predicted molar refractivity (Wildman–Crippen MR) is 90.8 cm³/mol. The molecule has 3 amide bonds. The number of pyridine rings is 1. The number of rotatable bonds is 3. The highest BCUT2D eigenvalue weighted by atomic mass is 16.5. The summed E-state index contributed by atoms with van der Waals surface area (Å²) in [7, 11) is 1.59. The van der Waals surface area contributed by atoms with Crippen molar-refractivity contribution in [1.29, 1.82) is 0 Å². The second kappa shape index (κ2) is 6.74. The average Bonchev–Trinajstić information content (AvgIpc) is 2.62. The van der Waals surface area contributed by atoms with Gasteiger partial charge < -0.3 is 20.7 Å². The number of hydrogen-bond acceptors (Lipinski definition) is 4. The van der Waals surface area contributed by atoms with Crippen molar-refractivity contribution >= 4 is 28.5 Å². The van der Waals surface area contributed by atoms with E-state index in [1.54, 1.807) is 30.3 Å². The van der Waals surface area contributed by atoms with Gasteiger partial charge in [0.15, 0.2) is 0 Å². The van der Waals surface area contributed by atoms with Gasteiger partial charge in [-0.05, 0) is 37.1 Å². The summed E-state index contributed by atoms with van der Waals surface area (Å²) in [6, 6.07) is 7.02. The number of anilines is 1. The highest BCUT2D eigenvalue weighted by Crippen LogP contribution is 2.30. The summed E-state index contributed by atoms with van der Waals surface area (Å²) >= 11 is 0. The lowest BCUT2D eigenvalue weighted by Gasteiger charge is -2.31. The fraction of sp³-hybridized carbons (Fsp3) is 0.353. The Morgan fingerprint density at radius 3 is 2.96 bits per heavy atom. The molecular formula is C17H20N4O3. The summed E-state index contributed by atoms with van der Waals surface area (Å²) in [5.41, 5.74) is 6.64. The maximum Gasteiger partial charge on any atom is 0.321 e. The van der Waals surface area contributed by atoms with E-state index in [9.17, 15) is 9.59 Å². The SMILES string of the molecule is COc1ccc(NC(=O)N2CCC[C@@H](C(N)=O)C2)c2ncccc12. The number of nitrogens with one attached hydrogen (secondary N) is 1. The molecule has 1 aliphatic heterocycles. The Kier molecular flexibility index (Phi) is 4.50. The van der Waals surface area contributed by atoms with Crippen molar-refractivity contribution in [2.75, 3.05) is 25.5 Å². The average molecular weight is 328 g/mol. The van der Waals surface area contributed by atoms with E-state index in [2.05, 4.69) is 10.3 Å². The molecule has 1 saturated heterocycles. The summed E-state index contributed by atoms with van der Waals surface area (Å²) in [5, 5.41) is 3.71. The van der Waals surface area contributed by atoms with Gasteiger partial charge in [0.2, 0.25) is 5.91 Å². The molecule has 24 heavy (non-hydrogen) atoms. The zero-order valence-electron chi connectivity index (χ0n) is 13.5. The first-order chi connectivity index (χ1) is 11.6. The zero-order chi connectivity index (χ0) is 17.1. The topological polar surface area (TPSA) is 97.5 Å². The zero-order valence-corrected chi connectivity index (χ0v) is 13.5. The van der Waals surface area contributed by atoms with Gasteiger partial charge in [-0.3, -0.25) is 9.78 Å². The van der Waals surface area contributed by atoms with E-state index in [0.717, 1.165) is 18.2 Å². The van der Waals surface area contributed by atoms with Gasteiger partial charge in [-0.2, -0.15) is 0 Å². The third-order valence-corrected chi connectivity index (χ3v) is 4.30. The number of nitrogens with two attached hydrogens (primary N) is 1. The van der Waals surface area contributed by atoms with Gasteiger partial charge in [0.1, 0.15) is 5.75 Å². The molecule has 1 aromatic heterocycles. The Morgan fingerprint density at radius 1 is 1.38 bits per heavy atom. The molecule has 2 aromatic rings. The van der Waals surface area contributed by atoms with Gasteiger partial charge in [-0.1, -0.05) is 0 Å². The molecule has 1 aromatic carbocycles. The smallest absolute Gasteiger partial charge is 0.321 e. The molecule has 7 heteroatoms. The van der Waals surface area contributed by atoms with Crippen molar-refractivity contribution in [2.45, 2.75) is 12.8 Å². The number of ether oxygens (including phenoxy) is 1. The number of nitrogens with zero attached hydrogens (tertiary/aromatic N) is 2. The van der Waals surface area contributed by atoms with Crippen LogP contribution in [0, 0.1) is 5.92 Å². The largest absolute Gasteiger partial charge is 0.496 e. The number of aromatic nitrogens is 1. The van der Waals surface area contributed by atoms with Gasteiger partial charge in [0.05, 0.1) is 24.2 Å². The van der Waals surface area contributed by atoms with E-state index in [1.165, 1.54) is 0 Å². The molecule has 0 unspecified atom stereocenters. The summed E-state index contributed by atoms with van der Waals surface area (Å²) in [6.07, 6.45) is 3.16. The predicted octanol–water partition coefficient (Wildman–Crippen LogP) is 1.97. The first-order valence-electron chi connectivity index (χ1n) is 7.87. The van der Waals surface area contributed by atoms with Crippen molar-refractivity contribution < 1.29 is 14.3 Å². The minimum absolute atomic E-state index is 0.252. The lowest BCUT2D eigenvalue weighted by Crippen LogP contribution is -2.45. The van der Waals surface area contributed by atoms with Crippen LogP contribution in [0.2, 0.25) is 0 Å². The number of carbonyl (C=O) groups is 2. The highest BCUT2D eigenvalue weighted by molar-refractivity contribution is 6.01. The first kappa shape index (κ1) is 16.0. The molecule has 0 saturated carbocycles. The molecule has 0 radical (unpaired) electrons. The number of methoxy groups -OCH3 is 1. The van der Waals surface area contributed by atoms with Crippen LogP contribution >= 0.6 is 0 Å². The summed E-state index contributed by atoms with van der Waals surface area (Å²) in [5.74, 6) is 0.0576. The maximum atomic E-state index is 12.5. The number of fused-ring (bicyclic) bond motifs is 1. The van der Waals surface area contributed by atoms with Crippen molar-refractivity contribution in [2.24, 2.45) is 11.7 Å². The number of piperidine rings is 1. The van der Waals surface area contributed by atoms with Crippen LogP contribution in [0.15, 0.2) is 30.5 Å². The minimum Gasteiger partial charge on any atom is -0.496 e. The summed E-state index contributed by atoms with van der Waals surface area (Å²) in [4.78, 5) is 29.9. The van der Waals surface area contributed by atoms with Gasteiger partial charge in [-0.15, -0.1) is 0 Å². The Labute approximate surface area is 139 Å². The molecule has 126 valence electrons. The monoisotopic (exact) mass is 328 g/mol. The number of urea groups is 1. The van der Waals surface area contributed by atoms with Crippen LogP contribution in [0.3, 0.4) is 0 Å². The van der Waals surface area contributed by atoms with Crippen LogP contribution in [0.4, 0.5) is 10.5 Å². The van der Waals surface area contributed by atoms with Crippen molar-refractivity contribution in [3.8, 4) is 5.75 Å². The number of likely N-dealkylation sites (tertiary alicyclic amines) is 1. The van der Waals surface area contributed by atoms with E-state index < -0.39 is 0 Å². The van der Waals surface area contributed by atoms with Gasteiger partial charge >= 0.3 is 6.03 Å². The molecule has 1 atom stereocenters. The van der Waals surface area contributed by atoms with E-state index in [4.69, 9.17) is 10.5 Å². The molecule has 3 rings (SSSR count). The molecule has 2 heterocycles. The number of carbonyl (C=O) groups excluding carboxylic acids is 2. The third kappa shape index (κ3) is 3.10. The molecular weight excluding hydrogens is 308 g/mol. The Morgan fingerprint density at radius 2 is 2.21 bits per heavy atom. The van der Waals surface area contributed by atoms with Gasteiger partial charge in [0, 0.05) is 24.7 Å². The maximum absolute atomic E-state index is 12.5. The van der Waals surface area contributed by atoms with Crippen molar-refractivity contribution in [3.05, 3.63) is 30.5 Å². The van der Waals surface area contributed by atoms with Gasteiger partial charge in [-0.25, -0.2) is 4.79 Å². The van der Waals surface area contributed by atoms with Crippen LogP contribution in [-0.4, -0.2) is 42.0 Å². The standard InChI is InChI=1S/C17H20N4O3/c1-24-14-7-6-13(15-12(14)5-2-8-19-15)20-17(23)21-9-3-4-11(10-21)16(18)22/h2,5-8,11H,3-4,9-10H2,1H3,(H2,18,22)(H,20,23)/t11-/m1/s1. The molecule has 0 bridgehead atoms. The molecule has 0 spiro atoms. The van der Waals surface area contributed by atoms with Gasteiger partial charge in [0.25, 0.3) is 0 Å². The summed E-state index contributed by atoms with van der Waals surface area (Å²) < 4.78 is 5.33. The fourth-order valence-electron chi connectivity index (χ4n) is 3.01. The second-order valence-corrected chi connectivity index (χ2v) is 5.83. The molecule has 3 N–H and O–H groups in total. The van der Waals surface area contributed by atoms with E-state index in [1.807, 2.05) is 12.1 Å². The lowest BCUT2D eigenvalue weighted by molar-refractivity contribution is -0.123. The minimum atomic E-state index is -0.357. The van der Waals surface area contributed by atoms with E-state index in [-0.39, 0.29) is 17.9 Å². The van der Waals surface area contributed by atoms with Crippen molar-refractivity contribution in [3.63, 3.8) is 0 Å². The van der Waals surface area contributed by atoms with Crippen LogP contribution in [-0.2, 0) is 4.79 Å². The fourth-order valence-corrected chi connectivity index (χ4v) is 3.01. The molecule has 7 nitrogen and oxygen atoms in total. The summed E-state index contributed by atoms with van der Waals surface area (Å²) in [6.45, 7) is 0.958. The van der Waals surface area contributed by atoms with E-state index >= 15 is 0 Å². The molecule has 1 aliphatic rings.